The minimum atomic E-state index is -0.650. The van der Waals surface area contributed by atoms with Gasteiger partial charge in [0.15, 0.2) is 5.89 Å². The Hall–Kier alpha value is -7.08. The molecule has 0 saturated carbocycles. The highest BCUT2D eigenvalue weighted by Crippen LogP contribution is 2.37. The fourth-order valence-electron chi connectivity index (χ4n) is 7.16. The van der Waals surface area contributed by atoms with Gasteiger partial charge in [-0.15, -0.1) is 10.2 Å². The monoisotopic (exact) mass is 802 g/mol. The molecule has 0 bridgehead atoms. The standard InChI is InChI=1S/C41H46N12O6/c1-7-27-37(59-23(4)45-27)40(56)47-41-46-29-18-25(39(43)55)20-33(58-15-11-12-44-5)36(29)52(41)14-10-9-13-51-31-21-28(30-16-22(3)50-53(30)8-2)48-49-34(31)26-17-24(38(42)54)19-32(57-6)35(26)51/h9-10,16-21,44H,7-8,11-15H2,1-6H3,(H2,42,54)(H2,43,55)(H,46,47,56)/b10-9+. The zero-order valence-corrected chi connectivity index (χ0v) is 33.8. The number of fused-ring (bicyclic) bond motifs is 4. The maximum absolute atomic E-state index is 13.7. The SMILES string of the molecule is CCc1nc(C)oc1C(=O)Nc1nc2cc(C(N)=O)cc(OCCCNC)c2n1C/C=C/Cn1c2cc(-c3cc(C)nn3CC)nnc2c2cc(C(N)=O)cc(OC)c21. The van der Waals surface area contributed by atoms with E-state index in [4.69, 9.17) is 30.3 Å². The second kappa shape index (κ2) is 16.8. The Labute approximate surface area is 338 Å². The predicted molar refractivity (Wildman–Crippen MR) is 222 cm³/mol. The summed E-state index contributed by atoms with van der Waals surface area (Å²) in [5.41, 5.74) is 17.6. The summed E-state index contributed by atoms with van der Waals surface area (Å²) < 4.78 is 23.4. The Kier molecular flexibility index (Phi) is 11.4. The highest BCUT2D eigenvalue weighted by Gasteiger charge is 2.24. The van der Waals surface area contributed by atoms with Crippen LogP contribution in [0.25, 0.3) is 44.4 Å². The number of ether oxygens (including phenoxy) is 2. The molecule has 0 atom stereocenters. The normalized spacial score (nSPS) is 11.7. The number of amides is 3. The van der Waals surface area contributed by atoms with E-state index in [2.05, 4.69) is 30.9 Å². The largest absolute Gasteiger partial charge is 0.495 e. The van der Waals surface area contributed by atoms with E-state index >= 15 is 0 Å². The molecule has 7 rings (SSSR count). The second-order valence-corrected chi connectivity index (χ2v) is 13.8. The van der Waals surface area contributed by atoms with Crippen LogP contribution in [0.5, 0.6) is 11.5 Å². The van der Waals surface area contributed by atoms with Crippen molar-refractivity contribution < 1.29 is 28.3 Å². The minimum absolute atomic E-state index is 0.0833. The summed E-state index contributed by atoms with van der Waals surface area (Å²) in [6.45, 7) is 9.73. The quantitative estimate of drug-likeness (QED) is 0.0725. The van der Waals surface area contributed by atoms with Gasteiger partial charge in [-0.3, -0.25) is 24.4 Å². The van der Waals surface area contributed by atoms with Gasteiger partial charge in [0.1, 0.15) is 28.2 Å². The molecule has 0 aliphatic heterocycles. The van der Waals surface area contributed by atoms with Crippen LogP contribution in [0.3, 0.4) is 0 Å². The Morgan fingerprint density at radius 1 is 0.898 bits per heavy atom. The number of primary amides is 2. The van der Waals surface area contributed by atoms with Crippen LogP contribution in [0.4, 0.5) is 5.95 Å². The number of methoxy groups -OCH3 is 1. The molecule has 0 saturated heterocycles. The van der Waals surface area contributed by atoms with Crippen LogP contribution in [0, 0.1) is 13.8 Å². The molecule has 2 aromatic carbocycles. The number of benzene rings is 2. The van der Waals surface area contributed by atoms with E-state index in [1.807, 2.05) is 61.4 Å². The molecule has 6 N–H and O–H groups in total. The molecule has 5 aromatic heterocycles. The second-order valence-electron chi connectivity index (χ2n) is 13.8. The fraction of sp³-hybridized carbons (Fsp3) is 0.317. The molecule has 0 aliphatic rings. The molecular weight excluding hydrogens is 757 g/mol. The van der Waals surface area contributed by atoms with Crippen molar-refractivity contribution in [2.45, 2.75) is 60.2 Å². The van der Waals surface area contributed by atoms with E-state index in [1.165, 1.54) is 7.11 Å². The molecule has 18 heteroatoms. The highest BCUT2D eigenvalue weighted by molar-refractivity contribution is 6.11. The van der Waals surface area contributed by atoms with E-state index in [0.29, 0.717) is 95.3 Å². The first-order valence-corrected chi connectivity index (χ1v) is 19.2. The number of hydrogen-bond donors (Lipinski definition) is 4. The fourth-order valence-corrected chi connectivity index (χ4v) is 7.16. The first-order valence-electron chi connectivity index (χ1n) is 19.2. The number of nitrogens with two attached hydrogens (primary N) is 2. The maximum atomic E-state index is 13.7. The summed E-state index contributed by atoms with van der Waals surface area (Å²) in [7, 11) is 3.38. The molecule has 0 unspecified atom stereocenters. The molecule has 59 heavy (non-hydrogen) atoms. The first kappa shape index (κ1) is 40.1. The predicted octanol–water partition coefficient (Wildman–Crippen LogP) is 4.69. The van der Waals surface area contributed by atoms with Crippen LogP contribution in [0.15, 0.2) is 53.0 Å². The van der Waals surface area contributed by atoms with Crippen molar-refractivity contribution in [2.24, 2.45) is 11.5 Å². The lowest BCUT2D eigenvalue weighted by atomic mass is 10.1. The van der Waals surface area contributed by atoms with Crippen LogP contribution in [0.2, 0.25) is 0 Å². The number of imidazole rings is 1. The number of aryl methyl sites for hydroxylation is 4. The van der Waals surface area contributed by atoms with Crippen LogP contribution >= 0.6 is 0 Å². The van der Waals surface area contributed by atoms with E-state index in [0.717, 1.165) is 16.9 Å². The minimum Gasteiger partial charge on any atom is -0.495 e. The number of aromatic nitrogens is 8. The van der Waals surface area contributed by atoms with Gasteiger partial charge in [-0.2, -0.15) is 5.10 Å². The zero-order chi connectivity index (χ0) is 42.0. The van der Waals surface area contributed by atoms with Crippen LogP contribution < -0.4 is 31.6 Å². The topological polar surface area (TPSA) is 238 Å². The van der Waals surface area contributed by atoms with E-state index < -0.39 is 17.7 Å². The molecule has 306 valence electrons. The number of carbonyl (C=O) groups is 3. The van der Waals surface area contributed by atoms with Gasteiger partial charge in [-0.25, -0.2) is 9.97 Å². The molecular formula is C41H46N12O6. The number of allylic oxidation sites excluding steroid dienone is 2. The molecule has 18 nitrogen and oxygen atoms in total. The van der Waals surface area contributed by atoms with Gasteiger partial charge in [0.2, 0.25) is 23.5 Å². The van der Waals surface area contributed by atoms with Crippen molar-refractivity contribution in [1.29, 1.82) is 0 Å². The van der Waals surface area contributed by atoms with Gasteiger partial charge in [0, 0.05) is 43.1 Å². The lowest BCUT2D eigenvalue weighted by Gasteiger charge is -2.13. The first-order chi connectivity index (χ1) is 28.5. The van der Waals surface area contributed by atoms with Crippen molar-refractivity contribution >= 4 is 56.6 Å². The van der Waals surface area contributed by atoms with Gasteiger partial charge < -0.3 is 39.8 Å². The molecule has 0 radical (unpaired) electrons. The zero-order valence-electron chi connectivity index (χ0n) is 33.8. The average molecular weight is 803 g/mol. The molecule has 0 fully saturated rings. The van der Waals surface area contributed by atoms with Crippen molar-refractivity contribution in [3.8, 4) is 22.9 Å². The van der Waals surface area contributed by atoms with Crippen LogP contribution in [-0.2, 0) is 26.1 Å². The lowest BCUT2D eigenvalue weighted by molar-refractivity contribution is 0.0987. The smallest absolute Gasteiger partial charge is 0.295 e. The molecule has 0 aliphatic carbocycles. The number of carbonyl (C=O) groups excluding carboxylic acids is 3. The third kappa shape index (κ3) is 7.81. The van der Waals surface area contributed by atoms with Gasteiger partial charge >= 0.3 is 0 Å². The number of anilines is 1. The summed E-state index contributed by atoms with van der Waals surface area (Å²) in [6.07, 6.45) is 5.06. The molecule has 7 aromatic rings. The maximum Gasteiger partial charge on any atom is 0.295 e. The number of nitrogens with one attached hydrogen (secondary N) is 2. The van der Waals surface area contributed by atoms with Crippen molar-refractivity contribution in [1.82, 2.24) is 44.4 Å². The molecule has 3 amide bonds. The van der Waals surface area contributed by atoms with Gasteiger partial charge in [0.05, 0.1) is 47.3 Å². The Morgan fingerprint density at radius 2 is 1.63 bits per heavy atom. The van der Waals surface area contributed by atoms with Gasteiger partial charge in [-0.05, 0) is 76.7 Å². The number of rotatable bonds is 17. The summed E-state index contributed by atoms with van der Waals surface area (Å²) in [5, 5.41) is 20.5. The molecule has 0 spiro atoms. The Morgan fingerprint density at radius 3 is 2.32 bits per heavy atom. The summed E-state index contributed by atoms with van der Waals surface area (Å²) in [6, 6.07) is 10.4. The summed E-state index contributed by atoms with van der Waals surface area (Å²) >= 11 is 0. The van der Waals surface area contributed by atoms with Crippen LogP contribution in [0.1, 0.15) is 68.8 Å². The number of hydrogen-bond acceptors (Lipinski definition) is 12. The third-order valence-electron chi connectivity index (χ3n) is 9.87. The third-order valence-corrected chi connectivity index (χ3v) is 9.87. The summed E-state index contributed by atoms with van der Waals surface area (Å²) in [5.74, 6) is -0.336. The Balaban J connectivity index is 1.33. The van der Waals surface area contributed by atoms with E-state index in [9.17, 15) is 14.4 Å². The lowest BCUT2D eigenvalue weighted by Crippen LogP contribution is -2.17. The number of oxazole rings is 1. The number of nitrogens with zero attached hydrogens (tertiary/aromatic N) is 8. The summed E-state index contributed by atoms with van der Waals surface area (Å²) in [4.78, 5) is 47.6. The van der Waals surface area contributed by atoms with E-state index in [1.54, 1.807) is 35.8 Å². The van der Waals surface area contributed by atoms with Gasteiger partial charge in [-0.1, -0.05) is 19.1 Å². The highest BCUT2D eigenvalue weighted by atomic mass is 16.5. The van der Waals surface area contributed by atoms with Crippen LogP contribution in [-0.4, -0.2) is 84.1 Å². The average Bonchev–Trinajstić information content (AvgIpc) is 3.98. The van der Waals surface area contributed by atoms with Crippen molar-refractivity contribution in [3.05, 3.63) is 82.7 Å². The van der Waals surface area contributed by atoms with Crippen molar-refractivity contribution in [2.75, 3.05) is 32.6 Å². The van der Waals surface area contributed by atoms with Crippen molar-refractivity contribution in [3.63, 3.8) is 0 Å². The van der Waals surface area contributed by atoms with E-state index in [-0.39, 0.29) is 29.4 Å². The molecule has 5 heterocycles. The van der Waals surface area contributed by atoms with Gasteiger partial charge in [0.25, 0.3) is 5.91 Å². The Bertz CT molecular complexity index is 2770.